The molecule has 128 valence electrons. The van der Waals surface area contributed by atoms with Crippen molar-refractivity contribution in [2.24, 2.45) is 0 Å². The molecule has 1 fully saturated rings. The van der Waals surface area contributed by atoms with Crippen molar-refractivity contribution in [2.45, 2.75) is 50.6 Å². The van der Waals surface area contributed by atoms with Crippen LogP contribution in [-0.4, -0.2) is 44.5 Å². The van der Waals surface area contributed by atoms with E-state index >= 15 is 0 Å². The first-order valence-electron chi connectivity index (χ1n) is 7.92. The van der Waals surface area contributed by atoms with Gasteiger partial charge in [-0.15, -0.1) is 0 Å². The second kappa shape index (κ2) is 7.31. The first-order valence-corrected chi connectivity index (χ1v) is 9.40. The van der Waals surface area contributed by atoms with Crippen molar-refractivity contribution in [3.63, 3.8) is 0 Å². The number of rotatable bonds is 4. The van der Waals surface area contributed by atoms with E-state index in [0.29, 0.717) is 25.9 Å². The van der Waals surface area contributed by atoms with Crippen LogP contribution in [0.1, 0.15) is 32.3 Å². The number of urea groups is 1. The number of nitrogens with one attached hydrogen (secondary N) is 2. The van der Waals surface area contributed by atoms with Crippen LogP contribution in [0.5, 0.6) is 0 Å². The van der Waals surface area contributed by atoms with E-state index in [9.17, 15) is 13.2 Å². The first kappa shape index (κ1) is 17.7. The minimum atomic E-state index is -3.50. The van der Waals surface area contributed by atoms with Crippen LogP contribution in [0.4, 0.5) is 4.79 Å². The minimum absolute atomic E-state index is 0.0835. The number of sulfonamides is 1. The first-order chi connectivity index (χ1) is 10.8. The number of likely N-dealkylation sites (tertiary alicyclic amines) is 1. The summed E-state index contributed by atoms with van der Waals surface area (Å²) < 4.78 is 27.5. The fourth-order valence-corrected chi connectivity index (χ4v) is 3.85. The zero-order valence-electron chi connectivity index (χ0n) is 13.9. The van der Waals surface area contributed by atoms with Gasteiger partial charge < -0.3 is 10.2 Å². The smallest absolute Gasteiger partial charge is 0.317 e. The Morgan fingerprint density at radius 1 is 1.17 bits per heavy atom. The van der Waals surface area contributed by atoms with Gasteiger partial charge in [-0.25, -0.2) is 17.9 Å². The quantitative estimate of drug-likeness (QED) is 0.879. The standard InChI is InChI=1S/C16H25N3O3S/c1-12(2)17-16(20)19-10-8-14(9-11-19)18-23(21,22)15-6-4-13(3)5-7-15/h4-7,12,14,18H,8-11H2,1-3H3,(H,17,20). The number of hydrogen-bond acceptors (Lipinski definition) is 3. The van der Waals surface area contributed by atoms with Crippen LogP contribution in [0, 0.1) is 6.92 Å². The van der Waals surface area contributed by atoms with Crippen LogP contribution in [0.2, 0.25) is 0 Å². The lowest BCUT2D eigenvalue weighted by atomic mass is 10.1. The van der Waals surface area contributed by atoms with Gasteiger partial charge in [-0.3, -0.25) is 0 Å². The SMILES string of the molecule is Cc1ccc(S(=O)(=O)NC2CCN(C(=O)NC(C)C)CC2)cc1. The lowest BCUT2D eigenvalue weighted by molar-refractivity contribution is 0.177. The number of nitrogens with zero attached hydrogens (tertiary/aromatic N) is 1. The molecule has 1 aliphatic heterocycles. The molecule has 2 rings (SSSR count). The number of carbonyl (C=O) groups is 1. The van der Waals surface area contributed by atoms with Crippen LogP contribution in [0.15, 0.2) is 29.2 Å². The van der Waals surface area contributed by atoms with Crippen molar-refractivity contribution >= 4 is 16.1 Å². The Bertz CT molecular complexity index is 633. The van der Waals surface area contributed by atoms with Crippen molar-refractivity contribution in [3.8, 4) is 0 Å². The number of hydrogen-bond donors (Lipinski definition) is 2. The third-order valence-electron chi connectivity index (χ3n) is 3.85. The van der Waals surface area contributed by atoms with Gasteiger partial charge in [0.15, 0.2) is 0 Å². The zero-order valence-corrected chi connectivity index (χ0v) is 14.7. The Morgan fingerprint density at radius 3 is 2.26 bits per heavy atom. The Kier molecular flexibility index (Phi) is 5.64. The van der Waals surface area contributed by atoms with Gasteiger partial charge in [0, 0.05) is 25.2 Å². The molecule has 0 aliphatic carbocycles. The van der Waals surface area contributed by atoms with E-state index in [1.54, 1.807) is 29.2 Å². The van der Waals surface area contributed by atoms with Crippen molar-refractivity contribution in [3.05, 3.63) is 29.8 Å². The lowest BCUT2D eigenvalue weighted by Crippen LogP contribution is -2.50. The lowest BCUT2D eigenvalue weighted by Gasteiger charge is -2.32. The number of benzene rings is 1. The molecule has 1 heterocycles. The van der Waals surface area contributed by atoms with Gasteiger partial charge in [0.25, 0.3) is 0 Å². The Balaban J connectivity index is 1.91. The number of aryl methyl sites for hydroxylation is 1. The topological polar surface area (TPSA) is 78.5 Å². The van der Waals surface area contributed by atoms with Gasteiger partial charge in [-0.05, 0) is 45.7 Å². The molecule has 6 nitrogen and oxygen atoms in total. The van der Waals surface area contributed by atoms with Crippen molar-refractivity contribution in [2.75, 3.05) is 13.1 Å². The van der Waals surface area contributed by atoms with Gasteiger partial charge in [-0.1, -0.05) is 17.7 Å². The molecule has 7 heteroatoms. The number of amides is 2. The van der Waals surface area contributed by atoms with E-state index in [1.807, 2.05) is 20.8 Å². The number of carbonyl (C=O) groups excluding carboxylic acids is 1. The highest BCUT2D eigenvalue weighted by molar-refractivity contribution is 7.89. The van der Waals surface area contributed by atoms with E-state index in [2.05, 4.69) is 10.0 Å². The molecular formula is C16H25N3O3S. The molecule has 2 amide bonds. The predicted octanol–water partition coefficient (Wildman–Crippen LogP) is 1.86. The van der Waals surface area contributed by atoms with Gasteiger partial charge in [0.1, 0.15) is 0 Å². The molecule has 0 radical (unpaired) electrons. The van der Waals surface area contributed by atoms with Gasteiger partial charge in [0.05, 0.1) is 4.90 Å². The molecular weight excluding hydrogens is 314 g/mol. The summed E-state index contributed by atoms with van der Waals surface area (Å²) >= 11 is 0. The second-order valence-corrected chi connectivity index (χ2v) is 8.01. The maximum Gasteiger partial charge on any atom is 0.317 e. The van der Waals surface area contributed by atoms with Crippen molar-refractivity contribution in [1.29, 1.82) is 0 Å². The third kappa shape index (κ3) is 4.94. The molecule has 1 aromatic carbocycles. The van der Waals surface area contributed by atoms with Gasteiger partial charge in [-0.2, -0.15) is 0 Å². The third-order valence-corrected chi connectivity index (χ3v) is 5.38. The monoisotopic (exact) mass is 339 g/mol. The van der Waals surface area contributed by atoms with Crippen LogP contribution < -0.4 is 10.0 Å². The largest absolute Gasteiger partial charge is 0.336 e. The highest BCUT2D eigenvalue weighted by atomic mass is 32.2. The van der Waals surface area contributed by atoms with Gasteiger partial charge in [0.2, 0.25) is 10.0 Å². The number of piperidine rings is 1. The molecule has 2 N–H and O–H groups in total. The average molecular weight is 339 g/mol. The normalized spacial score (nSPS) is 16.6. The second-order valence-electron chi connectivity index (χ2n) is 6.30. The summed E-state index contributed by atoms with van der Waals surface area (Å²) in [5, 5.41) is 2.86. The molecule has 0 saturated carbocycles. The summed E-state index contributed by atoms with van der Waals surface area (Å²) in [6.07, 6.45) is 1.24. The predicted molar refractivity (Wildman–Crippen MR) is 89.8 cm³/mol. The molecule has 1 aromatic rings. The summed E-state index contributed by atoms with van der Waals surface area (Å²) in [5.74, 6) is 0. The van der Waals surface area contributed by atoms with E-state index in [1.165, 1.54) is 0 Å². The summed E-state index contributed by atoms with van der Waals surface area (Å²) in [5.41, 5.74) is 1.02. The fraction of sp³-hybridized carbons (Fsp3) is 0.562. The van der Waals surface area contributed by atoms with Gasteiger partial charge >= 0.3 is 6.03 Å². The molecule has 0 aromatic heterocycles. The summed E-state index contributed by atoms with van der Waals surface area (Å²) in [6, 6.07) is 6.68. The maximum atomic E-state index is 12.4. The summed E-state index contributed by atoms with van der Waals surface area (Å²) in [6.45, 7) is 6.86. The average Bonchev–Trinajstić information content (AvgIpc) is 2.47. The Morgan fingerprint density at radius 2 is 1.74 bits per heavy atom. The minimum Gasteiger partial charge on any atom is -0.336 e. The molecule has 0 spiro atoms. The Labute approximate surface area is 138 Å². The fourth-order valence-electron chi connectivity index (χ4n) is 2.54. The van der Waals surface area contributed by atoms with Crippen LogP contribution in [0.25, 0.3) is 0 Å². The molecule has 0 atom stereocenters. The summed E-state index contributed by atoms with van der Waals surface area (Å²) in [4.78, 5) is 13.9. The van der Waals surface area contributed by atoms with E-state index in [-0.39, 0.29) is 23.0 Å². The highest BCUT2D eigenvalue weighted by Gasteiger charge is 2.26. The zero-order chi connectivity index (χ0) is 17.0. The molecule has 1 aliphatic rings. The van der Waals surface area contributed by atoms with Crippen molar-refractivity contribution in [1.82, 2.24) is 14.9 Å². The molecule has 23 heavy (non-hydrogen) atoms. The van der Waals surface area contributed by atoms with E-state index < -0.39 is 10.0 Å². The molecule has 0 unspecified atom stereocenters. The van der Waals surface area contributed by atoms with Crippen LogP contribution >= 0.6 is 0 Å². The van der Waals surface area contributed by atoms with E-state index in [0.717, 1.165) is 5.56 Å². The summed E-state index contributed by atoms with van der Waals surface area (Å²) in [7, 11) is -3.50. The van der Waals surface area contributed by atoms with Crippen LogP contribution in [-0.2, 0) is 10.0 Å². The maximum absolute atomic E-state index is 12.4. The molecule has 1 saturated heterocycles. The Hall–Kier alpha value is -1.60. The highest BCUT2D eigenvalue weighted by Crippen LogP contribution is 2.15. The van der Waals surface area contributed by atoms with Crippen molar-refractivity contribution < 1.29 is 13.2 Å². The van der Waals surface area contributed by atoms with E-state index in [4.69, 9.17) is 0 Å². The van der Waals surface area contributed by atoms with Crippen LogP contribution in [0.3, 0.4) is 0 Å². The molecule has 0 bridgehead atoms.